The van der Waals surface area contributed by atoms with Crippen LogP contribution in [0.5, 0.6) is 5.75 Å². The van der Waals surface area contributed by atoms with Crippen molar-refractivity contribution in [1.29, 1.82) is 0 Å². The third kappa shape index (κ3) is 5.56. The fourth-order valence-electron chi connectivity index (χ4n) is 2.03. The molecule has 0 spiro atoms. The van der Waals surface area contributed by atoms with Gasteiger partial charge in [0.2, 0.25) is 0 Å². The Balaban J connectivity index is 1.86. The monoisotopic (exact) mass is 409 g/mol. The molecular weight excluding hydrogens is 393 g/mol. The van der Waals surface area contributed by atoms with Gasteiger partial charge < -0.3 is 14.8 Å². The van der Waals surface area contributed by atoms with E-state index in [9.17, 15) is 14.0 Å². The number of amides is 1. The van der Waals surface area contributed by atoms with E-state index in [2.05, 4.69) is 21.2 Å². The van der Waals surface area contributed by atoms with E-state index in [1.165, 1.54) is 12.1 Å². The predicted octanol–water partition coefficient (Wildman–Crippen LogP) is 3.46. The number of carbonyl (C=O) groups is 2. The molecule has 7 heteroatoms. The Morgan fingerprint density at radius 2 is 1.96 bits per heavy atom. The van der Waals surface area contributed by atoms with Crippen LogP contribution in [-0.4, -0.2) is 25.0 Å². The van der Waals surface area contributed by atoms with Gasteiger partial charge in [-0.25, -0.2) is 4.39 Å². The van der Waals surface area contributed by atoms with Gasteiger partial charge in [-0.05, 0) is 31.2 Å². The lowest BCUT2D eigenvalue weighted by atomic mass is 10.2. The topological polar surface area (TPSA) is 64.6 Å². The van der Waals surface area contributed by atoms with Crippen LogP contribution in [0.1, 0.15) is 22.8 Å². The van der Waals surface area contributed by atoms with Gasteiger partial charge in [-0.1, -0.05) is 34.1 Å². The summed E-state index contributed by atoms with van der Waals surface area (Å²) in [5.41, 5.74) is 0.584. The van der Waals surface area contributed by atoms with Crippen molar-refractivity contribution in [3.8, 4) is 5.75 Å². The lowest BCUT2D eigenvalue weighted by molar-refractivity contribution is -0.143. The molecule has 1 N–H and O–H groups in total. The Bertz CT molecular complexity index is 766. The Morgan fingerprint density at radius 3 is 2.68 bits per heavy atom. The van der Waals surface area contributed by atoms with Crippen LogP contribution in [0.15, 0.2) is 46.9 Å². The second-order valence-electron chi connectivity index (χ2n) is 5.01. The summed E-state index contributed by atoms with van der Waals surface area (Å²) in [5.74, 6) is -1.15. The molecule has 2 aromatic rings. The average Bonchev–Trinajstić information content (AvgIpc) is 2.59. The minimum Gasteiger partial charge on any atom is -0.493 e. The Kier molecular flexibility index (Phi) is 6.94. The van der Waals surface area contributed by atoms with Crippen molar-refractivity contribution in [3.05, 3.63) is 63.9 Å². The van der Waals surface area contributed by atoms with Crippen LogP contribution >= 0.6 is 15.9 Å². The number of hydrogen-bond donors (Lipinski definition) is 1. The predicted molar refractivity (Wildman–Crippen MR) is 93.8 cm³/mol. The van der Waals surface area contributed by atoms with Gasteiger partial charge in [0.25, 0.3) is 5.91 Å². The highest BCUT2D eigenvalue weighted by molar-refractivity contribution is 9.10. The fraction of sp³-hybridized carbons (Fsp3) is 0.222. The van der Waals surface area contributed by atoms with E-state index in [4.69, 9.17) is 9.47 Å². The smallest absolute Gasteiger partial charge is 0.325 e. The average molecular weight is 410 g/mol. The van der Waals surface area contributed by atoms with Crippen molar-refractivity contribution in [2.75, 3.05) is 13.2 Å². The molecule has 0 aliphatic rings. The van der Waals surface area contributed by atoms with Crippen molar-refractivity contribution in [2.45, 2.75) is 13.5 Å². The molecule has 0 atom stereocenters. The second-order valence-corrected chi connectivity index (χ2v) is 5.92. The summed E-state index contributed by atoms with van der Waals surface area (Å²) in [4.78, 5) is 23.9. The third-order valence-corrected chi connectivity index (χ3v) is 3.72. The molecule has 0 saturated heterocycles. The van der Waals surface area contributed by atoms with E-state index < -0.39 is 17.7 Å². The summed E-state index contributed by atoms with van der Waals surface area (Å²) in [6, 6.07) is 11.2. The van der Waals surface area contributed by atoms with Crippen LogP contribution in [0.3, 0.4) is 0 Å². The minimum absolute atomic E-state index is 0.205. The normalized spacial score (nSPS) is 10.2. The summed E-state index contributed by atoms with van der Waals surface area (Å²) in [5, 5.41) is 2.46. The van der Waals surface area contributed by atoms with Crippen molar-refractivity contribution in [3.63, 3.8) is 0 Å². The lowest BCUT2D eigenvalue weighted by Gasteiger charge is -2.10. The van der Waals surface area contributed by atoms with Crippen LogP contribution in [0.25, 0.3) is 0 Å². The molecule has 2 rings (SSSR count). The van der Waals surface area contributed by atoms with Crippen LogP contribution in [-0.2, 0) is 16.1 Å². The number of ether oxygens (including phenoxy) is 2. The molecule has 1 amide bonds. The van der Waals surface area contributed by atoms with E-state index in [1.54, 1.807) is 30.3 Å². The van der Waals surface area contributed by atoms with Crippen molar-refractivity contribution in [2.24, 2.45) is 0 Å². The first kappa shape index (κ1) is 18.9. The van der Waals surface area contributed by atoms with Gasteiger partial charge >= 0.3 is 5.97 Å². The van der Waals surface area contributed by atoms with E-state index in [0.29, 0.717) is 22.4 Å². The highest BCUT2D eigenvalue weighted by Crippen LogP contribution is 2.18. The van der Waals surface area contributed by atoms with Crippen LogP contribution in [0.2, 0.25) is 0 Å². The van der Waals surface area contributed by atoms with Crippen molar-refractivity contribution < 1.29 is 23.5 Å². The molecule has 0 unspecified atom stereocenters. The van der Waals surface area contributed by atoms with E-state index in [-0.39, 0.29) is 18.7 Å². The zero-order valence-corrected chi connectivity index (χ0v) is 15.1. The SMILES string of the molecule is CCOc1ccccc1C(=O)NCC(=O)OCc1ccc(Br)cc1F. The number of carbonyl (C=O) groups excluding carboxylic acids is 2. The zero-order chi connectivity index (χ0) is 18.2. The van der Waals surface area contributed by atoms with Crippen molar-refractivity contribution in [1.82, 2.24) is 5.32 Å². The summed E-state index contributed by atoms with van der Waals surface area (Å²) >= 11 is 3.15. The second kappa shape index (κ2) is 9.17. The van der Waals surface area contributed by atoms with Gasteiger partial charge in [0, 0.05) is 10.0 Å². The van der Waals surface area contributed by atoms with E-state index in [1.807, 2.05) is 6.92 Å². The number of hydrogen-bond acceptors (Lipinski definition) is 4. The summed E-state index contributed by atoms with van der Waals surface area (Å²) in [7, 11) is 0. The first-order chi connectivity index (χ1) is 12.0. The number of halogens is 2. The Hall–Kier alpha value is -2.41. The molecule has 0 bridgehead atoms. The van der Waals surface area contributed by atoms with Gasteiger partial charge in [0.15, 0.2) is 0 Å². The molecule has 25 heavy (non-hydrogen) atoms. The highest BCUT2D eigenvalue weighted by Gasteiger charge is 2.14. The van der Waals surface area contributed by atoms with Gasteiger partial charge in [-0.2, -0.15) is 0 Å². The molecule has 0 fully saturated rings. The largest absolute Gasteiger partial charge is 0.493 e. The van der Waals surface area contributed by atoms with Gasteiger partial charge in [0.1, 0.15) is 24.7 Å². The summed E-state index contributed by atoms with van der Waals surface area (Å²) < 4.78 is 24.6. The maximum atomic E-state index is 13.6. The standard InChI is InChI=1S/C18H17BrFNO4/c1-2-24-16-6-4-3-5-14(16)18(23)21-10-17(22)25-11-12-7-8-13(19)9-15(12)20/h3-9H,2,10-11H2,1H3,(H,21,23). The fourth-order valence-corrected chi connectivity index (χ4v) is 2.36. The van der Waals surface area contributed by atoms with Crippen molar-refractivity contribution >= 4 is 27.8 Å². The molecule has 0 saturated carbocycles. The molecule has 0 radical (unpaired) electrons. The molecule has 0 aliphatic heterocycles. The van der Waals surface area contributed by atoms with E-state index >= 15 is 0 Å². The maximum absolute atomic E-state index is 13.6. The number of para-hydroxylation sites is 1. The summed E-state index contributed by atoms with van der Waals surface area (Å²) in [6.45, 7) is 1.71. The first-order valence-corrected chi connectivity index (χ1v) is 8.40. The molecule has 0 aromatic heterocycles. The molecule has 132 valence electrons. The third-order valence-electron chi connectivity index (χ3n) is 3.23. The van der Waals surface area contributed by atoms with Gasteiger partial charge in [0.05, 0.1) is 12.2 Å². The molecule has 5 nitrogen and oxygen atoms in total. The zero-order valence-electron chi connectivity index (χ0n) is 13.6. The number of rotatable bonds is 7. The quantitative estimate of drug-likeness (QED) is 0.711. The molecule has 0 heterocycles. The number of benzene rings is 2. The number of nitrogens with one attached hydrogen (secondary N) is 1. The van der Waals surface area contributed by atoms with E-state index in [0.717, 1.165) is 0 Å². The molecule has 2 aromatic carbocycles. The minimum atomic E-state index is -0.662. The van der Waals surface area contributed by atoms with Gasteiger partial charge in [-0.3, -0.25) is 9.59 Å². The van der Waals surface area contributed by atoms with Crippen LogP contribution in [0.4, 0.5) is 4.39 Å². The molecular formula is C18H17BrFNO4. The first-order valence-electron chi connectivity index (χ1n) is 7.60. The Labute approximate surface area is 153 Å². The lowest BCUT2D eigenvalue weighted by Crippen LogP contribution is -2.30. The maximum Gasteiger partial charge on any atom is 0.325 e. The van der Waals surface area contributed by atoms with Gasteiger partial charge in [-0.15, -0.1) is 0 Å². The van der Waals surface area contributed by atoms with Crippen LogP contribution < -0.4 is 10.1 Å². The Morgan fingerprint density at radius 1 is 1.20 bits per heavy atom. The number of esters is 1. The highest BCUT2D eigenvalue weighted by atomic mass is 79.9. The van der Waals surface area contributed by atoms with Crippen LogP contribution in [0, 0.1) is 5.82 Å². The summed E-state index contributed by atoms with van der Waals surface area (Å²) in [6.07, 6.45) is 0. The molecule has 0 aliphatic carbocycles.